The van der Waals surface area contributed by atoms with Crippen molar-refractivity contribution in [1.29, 1.82) is 0 Å². The van der Waals surface area contributed by atoms with Gasteiger partial charge < -0.3 is 19.2 Å². The number of halogens is 1. The predicted molar refractivity (Wildman–Crippen MR) is 176 cm³/mol. The van der Waals surface area contributed by atoms with Crippen LogP contribution < -0.4 is 14.4 Å². The van der Waals surface area contributed by atoms with Gasteiger partial charge in [0.2, 0.25) is 10.0 Å². The van der Waals surface area contributed by atoms with E-state index < -0.39 is 26.8 Å². The summed E-state index contributed by atoms with van der Waals surface area (Å²) in [5.41, 5.74) is 2.44. The molecule has 0 unspecified atom stereocenters. The highest BCUT2D eigenvalue weighted by atomic mass is 35.5. The van der Waals surface area contributed by atoms with Gasteiger partial charge in [0.05, 0.1) is 23.1 Å². The number of methoxy groups -OCH3 is 1. The summed E-state index contributed by atoms with van der Waals surface area (Å²) in [6.45, 7) is 5.30. The van der Waals surface area contributed by atoms with Crippen LogP contribution in [0.3, 0.4) is 0 Å². The fraction of sp³-hybridized carbons (Fsp3) is 0.543. The molecule has 6 atom stereocenters. The number of aryl methyl sites for hydroxylation is 1. The number of nitrogens with zero attached hydrogens (tertiary/aromatic N) is 1. The first-order valence-corrected chi connectivity index (χ1v) is 18.0. The summed E-state index contributed by atoms with van der Waals surface area (Å²) in [6.07, 6.45) is 10.4. The number of carbonyl (C=O) groups is 2. The summed E-state index contributed by atoms with van der Waals surface area (Å²) in [5, 5.41) is -0.0988. The number of sulfonamides is 1. The van der Waals surface area contributed by atoms with Crippen molar-refractivity contribution in [3.63, 3.8) is 0 Å². The molecule has 8 nitrogen and oxygen atoms in total. The Bertz CT molecular complexity index is 1610. The lowest BCUT2D eigenvalue weighted by molar-refractivity contribution is -0.120. The van der Waals surface area contributed by atoms with E-state index in [2.05, 4.69) is 21.8 Å². The van der Waals surface area contributed by atoms with E-state index in [1.54, 1.807) is 32.2 Å². The Labute approximate surface area is 271 Å². The summed E-state index contributed by atoms with van der Waals surface area (Å²) >= 11 is 6.42. The van der Waals surface area contributed by atoms with Crippen LogP contribution in [0.1, 0.15) is 73.9 Å². The number of fused-ring (bicyclic) bond motifs is 4. The van der Waals surface area contributed by atoms with Crippen LogP contribution in [-0.2, 0) is 31.4 Å². The van der Waals surface area contributed by atoms with Crippen molar-refractivity contribution in [2.45, 2.75) is 75.1 Å². The smallest absolute Gasteiger partial charge is 0.264 e. The zero-order chi connectivity index (χ0) is 32.0. The van der Waals surface area contributed by atoms with E-state index in [9.17, 15) is 18.0 Å². The molecule has 6 rings (SSSR count). The molecule has 10 heteroatoms. The second-order valence-corrected chi connectivity index (χ2v) is 16.0. The van der Waals surface area contributed by atoms with Crippen molar-refractivity contribution in [3.8, 4) is 5.75 Å². The third-order valence-corrected chi connectivity index (χ3v) is 13.2. The molecule has 45 heavy (non-hydrogen) atoms. The van der Waals surface area contributed by atoms with Crippen molar-refractivity contribution in [1.82, 2.24) is 4.72 Å². The standard InChI is InChI=1S/C35H43ClN2O6S/c1-23-6-4-15-35(43-3,16-17-39)30-11-8-27(30)20-38-21-34(14-5-7-25-18-28(36)10-12-29(25)34)22-44-32-13-9-26(19-31(32)38)33(40)37-45(41,42)24(23)2/h4,9-10,12-13,15,17-19,23-24,27,30H,5-8,11,14,16,20-22H2,1-3H3,(H,37,40)/b15-4+/t23-,24+,27-,30+,34-,35-/m0/s1. The van der Waals surface area contributed by atoms with Gasteiger partial charge in [0.15, 0.2) is 0 Å². The lowest BCUT2D eigenvalue weighted by Crippen LogP contribution is -2.53. The maximum atomic E-state index is 13.4. The van der Waals surface area contributed by atoms with Crippen LogP contribution in [0.25, 0.3) is 0 Å². The Morgan fingerprint density at radius 3 is 2.73 bits per heavy atom. The van der Waals surface area contributed by atoms with E-state index >= 15 is 0 Å². The fourth-order valence-electron chi connectivity index (χ4n) is 8.01. The number of benzene rings is 2. The predicted octanol–water partition coefficient (Wildman–Crippen LogP) is 5.86. The summed E-state index contributed by atoms with van der Waals surface area (Å²) in [7, 11) is -2.31. The Balaban J connectivity index is 1.46. The van der Waals surface area contributed by atoms with E-state index in [0.717, 1.165) is 49.1 Å². The number of nitrogens with one attached hydrogen (secondary N) is 1. The molecule has 2 bridgehead atoms. The summed E-state index contributed by atoms with van der Waals surface area (Å²) in [6, 6.07) is 11.3. The topological polar surface area (TPSA) is 102 Å². The number of amides is 1. The molecule has 1 amide bonds. The van der Waals surface area contributed by atoms with Gasteiger partial charge in [-0.25, -0.2) is 13.1 Å². The average molecular weight is 655 g/mol. The Morgan fingerprint density at radius 2 is 2.00 bits per heavy atom. The van der Waals surface area contributed by atoms with Gasteiger partial charge in [-0.1, -0.05) is 36.7 Å². The van der Waals surface area contributed by atoms with E-state index in [0.29, 0.717) is 31.9 Å². The lowest BCUT2D eigenvalue weighted by Gasteiger charge is -2.50. The molecular formula is C35H43ClN2O6S. The molecule has 242 valence electrons. The first-order valence-electron chi connectivity index (χ1n) is 16.0. The minimum Gasteiger partial charge on any atom is -0.490 e. The maximum absolute atomic E-state index is 13.4. The van der Waals surface area contributed by atoms with Crippen molar-refractivity contribution < 1.29 is 27.5 Å². The Hall–Kier alpha value is -2.88. The van der Waals surface area contributed by atoms with E-state index in [-0.39, 0.29) is 35.2 Å². The van der Waals surface area contributed by atoms with Crippen LogP contribution in [0.4, 0.5) is 5.69 Å². The minimum atomic E-state index is -3.97. The highest BCUT2D eigenvalue weighted by Gasteiger charge is 2.49. The SMILES string of the molecule is CO[C@]1(CC=O)/C=C/C[C@H](C)[C@@H](C)S(=O)(=O)NC(=O)c2ccc3c(c2)N(C[C@@H]2CC[C@H]21)C[C@@]1(CCCc2cc(Cl)ccc21)CO3. The van der Waals surface area contributed by atoms with Crippen LogP contribution in [-0.4, -0.2) is 58.3 Å². The largest absolute Gasteiger partial charge is 0.490 e. The zero-order valence-electron chi connectivity index (χ0n) is 26.3. The van der Waals surface area contributed by atoms with Gasteiger partial charge in [0.1, 0.15) is 12.0 Å². The van der Waals surface area contributed by atoms with Crippen molar-refractivity contribution >= 4 is 39.5 Å². The number of aldehydes is 1. The molecule has 1 saturated carbocycles. The Kier molecular flexibility index (Phi) is 8.82. The third kappa shape index (κ3) is 5.92. The van der Waals surface area contributed by atoms with Crippen molar-refractivity contribution in [3.05, 3.63) is 70.3 Å². The van der Waals surface area contributed by atoms with E-state index in [1.165, 1.54) is 11.1 Å². The average Bonchev–Trinajstić information content (AvgIpc) is 3.15. The highest BCUT2D eigenvalue weighted by Crippen LogP contribution is 2.49. The third-order valence-electron chi connectivity index (χ3n) is 11.0. The van der Waals surface area contributed by atoms with Gasteiger partial charge in [-0.3, -0.25) is 4.79 Å². The number of allylic oxidation sites excluding steroid dienone is 1. The van der Waals surface area contributed by atoms with Crippen molar-refractivity contribution in [2.75, 3.05) is 31.7 Å². The lowest BCUT2D eigenvalue weighted by atomic mass is 9.63. The van der Waals surface area contributed by atoms with Gasteiger partial charge in [-0.15, -0.1) is 0 Å². The molecular weight excluding hydrogens is 612 g/mol. The van der Waals surface area contributed by atoms with Crippen LogP contribution in [0.2, 0.25) is 5.02 Å². The molecule has 2 aromatic rings. The number of ether oxygens (including phenoxy) is 2. The number of rotatable bonds is 3. The van der Waals surface area contributed by atoms with Crippen LogP contribution in [0.15, 0.2) is 48.6 Å². The first-order chi connectivity index (χ1) is 21.5. The summed E-state index contributed by atoms with van der Waals surface area (Å²) in [4.78, 5) is 27.8. The summed E-state index contributed by atoms with van der Waals surface area (Å²) < 4.78 is 41.7. The second-order valence-electron chi connectivity index (χ2n) is 13.6. The Morgan fingerprint density at radius 1 is 1.18 bits per heavy atom. The number of hydrogen-bond acceptors (Lipinski definition) is 7. The molecule has 2 aliphatic heterocycles. The molecule has 0 saturated heterocycles. The molecule has 1 fully saturated rings. The summed E-state index contributed by atoms with van der Waals surface area (Å²) in [5.74, 6) is 0.0654. The highest BCUT2D eigenvalue weighted by molar-refractivity contribution is 7.90. The fourth-order valence-corrected chi connectivity index (χ4v) is 9.49. The minimum absolute atomic E-state index is 0.0980. The molecule has 1 N–H and O–H groups in total. The monoisotopic (exact) mass is 654 g/mol. The van der Waals surface area contributed by atoms with E-state index in [4.69, 9.17) is 21.1 Å². The quantitative estimate of drug-likeness (QED) is 0.327. The zero-order valence-corrected chi connectivity index (χ0v) is 27.8. The van der Waals surface area contributed by atoms with Gasteiger partial charge in [0.25, 0.3) is 5.91 Å². The van der Waals surface area contributed by atoms with Crippen molar-refractivity contribution in [2.24, 2.45) is 17.8 Å². The van der Waals surface area contributed by atoms with E-state index in [1.807, 2.05) is 25.1 Å². The maximum Gasteiger partial charge on any atom is 0.264 e. The van der Waals surface area contributed by atoms with Gasteiger partial charge in [-0.05, 0) is 105 Å². The molecule has 0 aromatic heterocycles. The first kappa shape index (κ1) is 32.1. The number of carbonyl (C=O) groups excluding carboxylic acids is 2. The molecule has 2 aromatic carbocycles. The normalized spacial score (nSPS) is 33.4. The van der Waals surface area contributed by atoms with Crippen LogP contribution in [0, 0.1) is 17.8 Å². The van der Waals surface area contributed by atoms with Gasteiger partial charge >= 0.3 is 0 Å². The molecule has 0 radical (unpaired) electrons. The second kappa shape index (κ2) is 12.4. The number of anilines is 1. The molecule has 1 spiro atoms. The van der Waals surface area contributed by atoms with Crippen LogP contribution >= 0.6 is 11.6 Å². The van der Waals surface area contributed by atoms with Gasteiger partial charge in [0, 0.05) is 42.6 Å². The van der Waals surface area contributed by atoms with Crippen LogP contribution in [0.5, 0.6) is 5.75 Å². The molecule has 2 aliphatic carbocycles. The van der Waals surface area contributed by atoms with Gasteiger partial charge in [-0.2, -0.15) is 0 Å². The molecule has 2 heterocycles. The molecule has 4 aliphatic rings. The number of hydrogen-bond donors (Lipinski definition) is 1.